The second kappa shape index (κ2) is 7.09. The van der Waals surface area contributed by atoms with E-state index in [0.29, 0.717) is 32.7 Å². The number of rotatable bonds is 7. The number of hydrogen-bond donors (Lipinski definition) is 3. The summed E-state index contributed by atoms with van der Waals surface area (Å²) in [7, 11) is -8.34. The first-order valence-corrected chi connectivity index (χ1v) is 8.90. The molecule has 1 heterocycles. The van der Waals surface area contributed by atoms with E-state index in [2.05, 4.69) is 4.52 Å². The molecular weight excluding hydrogens is 299 g/mol. The summed E-state index contributed by atoms with van der Waals surface area (Å²) in [6.45, 7) is 3.26. The Morgan fingerprint density at radius 1 is 1.05 bits per heavy atom. The van der Waals surface area contributed by atoms with Gasteiger partial charge >= 0.3 is 7.82 Å². The van der Waals surface area contributed by atoms with Crippen LogP contribution < -0.4 is 0 Å². The molecule has 1 aliphatic heterocycles. The molecule has 0 aromatic heterocycles. The highest BCUT2D eigenvalue weighted by atomic mass is 32.2. The normalized spacial score (nSPS) is 19.7. The van der Waals surface area contributed by atoms with Crippen molar-refractivity contribution in [1.29, 1.82) is 0 Å². The molecule has 0 unspecified atom stereocenters. The number of hydrogen-bond acceptors (Lipinski definition) is 6. The van der Waals surface area contributed by atoms with E-state index < -0.39 is 17.9 Å². The van der Waals surface area contributed by atoms with Crippen LogP contribution in [0.3, 0.4) is 0 Å². The first-order chi connectivity index (χ1) is 8.66. The van der Waals surface area contributed by atoms with Crippen molar-refractivity contribution < 1.29 is 31.8 Å². The first-order valence-electron chi connectivity index (χ1n) is 5.76. The zero-order valence-electron chi connectivity index (χ0n) is 10.4. The Bertz CT molecular complexity index is 415. The molecule has 1 aliphatic rings. The summed E-state index contributed by atoms with van der Waals surface area (Å²) in [4.78, 5) is 20.9. The van der Waals surface area contributed by atoms with Crippen LogP contribution >= 0.6 is 7.82 Å². The summed E-state index contributed by atoms with van der Waals surface area (Å²) in [5, 5.41) is 0. The van der Waals surface area contributed by atoms with Crippen molar-refractivity contribution in [3.63, 3.8) is 0 Å². The van der Waals surface area contributed by atoms with Gasteiger partial charge in [-0.15, -0.1) is 0 Å². The van der Waals surface area contributed by atoms with Crippen molar-refractivity contribution in [2.24, 2.45) is 0 Å². The minimum Gasteiger partial charge on any atom is -0.303 e. The second-order valence-electron chi connectivity index (χ2n) is 4.29. The summed E-state index contributed by atoms with van der Waals surface area (Å²) in [6, 6.07) is 0. The zero-order chi connectivity index (χ0) is 14.5. The van der Waals surface area contributed by atoms with Crippen LogP contribution in [-0.4, -0.2) is 84.2 Å². The molecule has 0 saturated carbocycles. The van der Waals surface area contributed by atoms with Crippen molar-refractivity contribution in [2.45, 2.75) is 0 Å². The minimum absolute atomic E-state index is 0.0463. The van der Waals surface area contributed by atoms with Crippen LogP contribution in [0.2, 0.25) is 0 Å². The van der Waals surface area contributed by atoms with Gasteiger partial charge in [-0.1, -0.05) is 0 Å². The number of nitrogens with zero attached hydrogens (tertiary/aromatic N) is 2. The predicted octanol–water partition coefficient (Wildman–Crippen LogP) is -1.40. The maximum atomic E-state index is 10.6. The average molecular weight is 318 g/mol. The molecule has 0 bridgehead atoms. The lowest BCUT2D eigenvalue weighted by Gasteiger charge is -2.34. The van der Waals surface area contributed by atoms with Gasteiger partial charge in [-0.25, -0.2) is 4.57 Å². The number of phosphoric acid groups is 1. The van der Waals surface area contributed by atoms with Crippen LogP contribution in [0.15, 0.2) is 0 Å². The number of phosphoric ester groups is 1. The van der Waals surface area contributed by atoms with Crippen molar-refractivity contribution in [1.82, 2.24) is 9.80 Å². The smallest absolute Gasteiger partial charge is 0.303 e. The van der Waals surface area contributed by atoms with Crippen LogP contribution in [0.4, 0.5) is 0 Å². The topological polar surface area (TPSA) is 128 Å². The molecule has 1 fully saturated rings. The minimum atomic E-state index is -4.41. The van der Waals surface area contributed by atoms with Gasteiger partial charge in [0.05, 0.1) is 12.4 Å². The number of piperazine rings is 1. The van der Waals surface area contributed by atoms with Gasteiger partial charge in [-0.2, -0.15) is 8.42 Å². The lowest BCUT2D eigenvalue weighted by atomic mass is 10.3. The lowest BCUT2D eigenvalue weighted by molar-refractivity contribution is 0.110. The van der Waals surface area contributed by atoms with E-state index in [4.69, 9.17) is 14.3 Å². The summed E-state index contributed by atoms with van der Waals surface area (Å²) in [5.74, 6) is -0.283. The van der Waals surface area contributed by atoms with E-state index in [1.807, 2.05) is 9.80 Å². The van der Waals surface area contributed by atoms with Gasteiger partial charge in [0.2, 0.25) is 0 Å². The Labute approximate surface area is 112 Å². The van der Waals surface area contributed by atoms with Gasteiger partial charge in [0.15, 0.2) is 0 Å². The molecule has 9 nitrogen and oxygen atoms in total. The SMILES string of the molecule is O=P(O)(O)OCCN1CCN(CCS(=O)(=O)O)CC1. The molecule has 0 radical (unpaired) electrons. The van der Waals surface area contributed by atoms with Crippen LogP contribution in [0.25, 0.3) is 0 Å². The van der Waals surface area contributed by atoms with Crippen LogP contribution in [-0.2, 0) is 19.2 Å². The highest BCUT2D eigenvalue weighted by Crippen LogP contribution is 2.35. The Balaban J connectivity index is 2.17. The van der Waals surface area contributed by atoms with Crippen molar-refractivity contribution in [3.05, 3.63) is 0 Å². The van der Waals surface area contributed by atoms with Gasteiger partial charge in [-0.3, -0.25) is 18.9 Å². The van der Waals surface area contributed by atoms with E-state index in [1.54, 1.807) is 0 Å². The fourth-order valence-electron chi connectivity index (χ4n) is 1.77. The van der Waals surface area contributed by atoms with Gasteiger partial charge in [0.1, 0.15) is 0 Å². The second-order valence-corrected chi connectivity index (χ2v) is 7.10. The third-order valence-electron chi connectivity index (χ3n) is 2.80. The van der Waals surface area contributed by atoms with Gasteiger partial charge in [-0.05, 0) is 0 Å². The standard InChI is InChI=1S/C8H19N2O7PS/c11-18(12,13)17-7-5-9-1-3-10(4-2-9)6-8-19(14,15)16/h1-8H2,(H2,11,12,13)(H,14,15,16). The molecule has 0 aliphatic carbocycles. The van der Waals surface area contributed by atoms with Crippen molar-refractivity contribution in [3.8, 4) is 0 Å². The zero-order valence-corrected chi connectivity index (χ0v) is 12.1. The molecule has 114 valence electrons. The molecular formula is C8H19N2O7PS. The average Bonchev–Trinajstić information content (AvgIpc) is 2.25. The lowest BCUT2D eigenvalue weighted by Crippen LogP contribution is -2.48. The van der Waals surface area contributed by atoms with E-state index in [1.165, 1.54) is 0 Å². The Kier molecular flexibility index (Phi) is 6.34. The summed E-state index contributed by atoms with van der Waals surface area (Å²) in [5.41, 5.74) is 0. The fourth-order valence-corrected chi connectivity index (χ4v) is 2.58. The monoisotopic (exact) mass is 318 g/mol. The summed E-state index contributed by atoms with van der Waals surface area (Å²) < 4.78 is 44.7. The molecule has 1 rings (SSSR count). The van der Waals surface area contributed by atoms with Crippen molar-refractivity contribution >= 4 is 17.9 Å². The fraction of sp³-hybridized carbons (Fsp3) is 1.00. The van der Waals surface area contributed by atoms with Gasteiger partial charge < -0.3 is 9.79 Å². The third-order valence-corrected chi connectivity index (χ3v) is 4.01. The van der Waals surface area contributed by atoms with Gasteiger partial charge in [0, 0.05) is 39.3 Å². The first kappa shape index (κ1) is 17.0. The largest absolute Gasteiger partial charge is 0.469 e. The quantitative estimate of drug-likeness (QED) is 0.383. The van der Waals surface area contributed by atoms with E-state index in [0.717, 1.165) is 0 Å². The molecule has 3 N–H and O–H groups in total. The Morgan fingerprint density at radius 2 is 1.53 bits per heavy atom. The highest BCUT2D eigenvalue weighted by Gasteiger charge is 2.19. The molecule has 0 spiro atoms. The van der Waals surface area contributed by atoms with Crippen LogP contribution in [0.5, 0.6) is 0 Å². The highest BCUT2D eigenvalue weighted by molar-refractivity contribution is 7.85. The molecule has 0 amide bonds. The molecule has 11 heteroatoms. The summed E-state index contributed by atoms with van der Waals surface area (Å²) >= 11 is 0. The maximum Gasteiger partial charge on any atom is 0.469 e. The molecule has 0 atom stereocenters. The van der Waals surface area contributed by atoms with E-state index in [9.17, 15) is 13.0 Å². The Hall–Kier alpha value is -0.0600. The molecule has 1 saturated heterocycles. The van der Waals surface area contributed by atoms with E-state index in [-0.39, 0.29) is 18.9 Å². The van der Waals surface area contributed by atoms with E-state index >= 15 is 0 Å². The molecule has 19 heavy (non-hydrogen) atoms. The Morgan fingerprint density at radius 3 is 1.95 bits per heavy atom. The van der Waals surface area contributed by atoms with Crippen LogP contribution in [0.1, 0.15) is 0 Å². The third kappa shape index (κ3) is 8.66. The van der Waals surface area contributed by atoms with Crippen LogP contribution in [0, 0.1) is 0 Å². The van der Waals surface area contributed by atoms with Crippen molar-refractivity contribution in [2.75, 3.05) is 51.6 Å². The summed E-state index contributed by atoms with van der Waals surface area (Å²) in [6.07, 6.45) is 0. The molecule has 0 aromatic carbocycles. The van der Waals surface area contributed by atoms with Gasteiger partial charge in [0.25, 0.3) is 10.1 Å². The predicted molar refractivity (Wildman–Crippen MR) is 67.3 cm³/mol. The maximum absolute atomic E-state index is 10.6. The molecule has 0 aromatic rings.